The van der Waals surface area contributed by atoms with E-state index in [0.717, 1.165) is 18.8 Å². The highest BCUT2D eigenvalue weighted by Gasteiger charge is 2.09. The minimum atomic E-state index is -0.354. The Kier molecular flexibility index (Phi) is 5.71. The van der Waals surface area contributed by atoms with Gasteiger partial charge in [-0.3, -0.25) is 10.1 Å². The van der Waals surface area contributed by atoms with Gasteiger partial charge in [0.1, 0.15) is 0 Å². The van der Waals surface area contributed by atoms with E-state index in [2.05, 4.69) is 48.5 Å². The molecule has 1 N–H and O–H groups in total. The van der Waals surface area contributed by atoms with Crippen molar-refractivity contribution in [1.29, 1.82) is 0 Å². The Hall–Kier alpha value is -2.40. The molecule has 2 rings (SSSR count). The zero-order valence-electron chi connectivity index (χ0n) is 13.9. The van der Waals surface area contributed by atoms with Gasteiger partial charge < -0.3 is 10.2 Å². The van der Waals surface area contributed by atoms with E-state index in [1.807, 2.05) is 6.07 Å². The maximum Gasteiger partial charge on any atom is 0.272 e. The van der Waals surface area contributed by atoms with Crippen LogP contribution in [0.4, 0.5) is 11.4 Å². The van der Waals surface area contributed by atoms with Gasteiger partial charge in [-0.2, -0.15) is 0 Å². The molecule has 122 valence electrons. The maximum absolute atomic E-state index is 10.8. The Balaban J connectivity index is 2.02. The first-order chi connectivity index (χ1) is 11.0. The zero-order valence-corrected chi connectivity index (χ0v) is 13.9. The van der Waals surface area contributed by atoms with E-state index in [4.69, 9.17) is 0 Å². The average Bonchev–Trinajstić information content (AvgIpc) is 2.53. The zero-order chi connectivity index (χ0) is 16.8. The first kappa shape index (κ1) is 17.0. The molecule has 0 spiro atoms. The van der Waals surface area contributed by atoms with Crippen LogP contribution in [0.1, 0.15) is 23.6 Å². The quantitative estimate of drug-likeness (QED) is 0.621. The lowest BCUT2D eigenvalue weighted by Gasteiger charge is -2.15. The second kappa shape index (κ2) is 7.74. The number of aryl methyl sites for hydroxylation is 1. The molecular weight excluding hydrogens is 290 g/mol. The molecule has 0 heterocycles. The highest BCUT2D eigenvalue weighted by atomic mass is 16.6. The topological polar surface area (TPSA) is 58.4 Å². The van der Waals surface area contributed by atoms with Crippen LogP contribution in [0.25, 0.3) is 0 Å². The lowest BCUT2D eigenvalue weighted by Crippen LogP contribution is -2.16. The number of benzene rings is 2. The van der Waals surface area contributed by atoms with E-state index in [-0.39, 0.29) is 10.6 Å². The molecule has 5 heteroatoms. The summed E-state index contributed by atoms with van der Waals surface area (Å²) in [5, 5.41) is 14.2. The number of nitro benzene ring substituents is 1. The van der Waals surface area contributed by atoms with Crippen LogP contribution in [0, 0.1) is 17.0 Å². The molecule has 0 unspecified atom stereocenters. The maximum atomic E-state index is 10.8. The highest BCUT2D eigenvalue weighted by Crippen LogP contribution is 2.22. The summed E-state index contributed by atoms with van der Waals surface area (Å²) >= 11 is 0. The van der Waals surface area contributed by atoms with Crippen molar-refractivity contribution >= 4 is 11.4 Å². The van der Waals surface area contributed by atoms with Gasteiger partial charge >= 0.3 is 0 Å². The van der Waals surface area contributed by atoms with Crippen LogP contribution in [0.3, 0.4) is 0 Å². The van der Waals surface area contributed by atoms with Crippen molar-refractivity contribution in [2.45, 2.75) is 26.9 Å². The summed E-state index contributed by atoms with van der Waals surface area (Å²) in [5.41, 5.74) is 4.19. The molecule has 0 saturated carbocycles. The SMILES string of the molecule is CCN(C)Cc1cccc(CNc2ccc([N+](=O)[O-])c(C)c2)c1. The molecule has 5 nitrogen and oxygen atoms in total. The first-order valence-corrected chi connectivity index (χ1v) is 7.75. The van der Waals surface area contributed by atoms with E-state index in [9.17, 15) is 10.1 Å². The fourth-order valence-corrected chi connectivity index (χ4v) is 2.44. The first-order valence-electron chi connectivity index (χ1n) is 7.75. The van der Waals surface area contributed by atoms with Crippen LogP contribution in [0.15, 0.2) is 42.5 Å². The van der Waals surface area contributed by atoms with Gasteiger partial charge in [0.2, 0.25) is 0 Å². The van der Waals surface area contributed by atoms with E-state index in [0.29, 0.717) is 12.1 Å². The predicted octanol–water partition coefficient (Wildman–Crippen LogP) is 3.97. The number of hydrogen-bond donors (Lipinski definition) is 1. The second-order valence-electron chi connectivity index (χ2n) is 5.76. The van der Waals surface area contributed by atoms with Crippen molar-refractivity contribution in [3.05, 3.63) is 69.3 Å². The smallest absolute Gasteiger partial charge is 0.272 e. The minimum absolute atomic E-state index is 0.153. The molecule has 2 aromatic rings. The van der Waals surface area contributed by atoms with Crippen LogP contribution >= 0.6 is 0 Å². The van der Waals surface area contributed by atoms with Crippen molar-refractivity contribution < 1.29 is 4.92 Å². The Morgan fingerprint density at radius 3 is 2.57 bits per heavy atom. The van der Waals surface area contributed by atoms with Crippen molar-refractivity contribution in [3.8, 4) is 0 Å². The summed E-state index contributed by atoms with van der Waals surface area (Å²) in [7, 11) is 2.10. The summed E-state index contributed by atoms with van der Waals surface area (Å²) in [5.74, 6) is 0. The van der Waals surface area contributed by atoms with Gasteiger partial charge in [0.15, 0.2) is 0 Å². The molecule has 0 amide bonds. The summed E-state index contributed by atoms with van der Waals surface area (Å²) < 4.78 is 0. The van der Waals surface area contributed by atoms with Gasteiger partial charge in [-0.1, -0.05) is 31.2 Å². The van der Waals surface area contributed by atoms with Gasteiger partial charge in [0.05, 0.1) is 4.92 Å². The number of hydrogen-bond acceptors (Lipinski definition) is 4. The lowest BCUT2D eigenvalue weighted by molar-refractivity contribution is -0.385. The molecule has 0 saturated heterocycles. The number of rotatable bonds is 7. The third kappa shape index (κ3) is 4.79. The van der Waals surface area contributed by atoms with Gasteiger partial charge in [-0.25, -0.2) is 0 Å². The van der Waals surface area contributed by atoms with Crippen LogP contribution in [-0.4, -0.2) is 23.4 Å². The molecular formula is C18H23N3O2. The number of nitrogens with one attached hydrogen (secondary N) is 1. The third-order valence-corrected chi connectivity index (χ3v) is 3.87. The Morgan fingerprint density at radius 1 is 1.17 bits per heavy atom. The molecule has 0 aliphatic rings. The molecule has 23 heavy (non-hydrogen) atoms. The summed E-state index contributed by atoms with van der Waals surface area (Å²) in [6.07, 6.45) is 0. The number of anilines is 1. The molecule has 0 fully saturated rings. The van der Waals surface area contributed by atoms with Gasteiger partial charge in [0, 0.05) is 30.4 Å². The monoisotopic (exact) mass is 313 g/mol. The van der Waals surface area contributed by atoms with Crippen LogP contribution in [-0.2, 0) is 13.1 Å². The summed E-state index contributed by atoms with van der Waals surface area (Å²) in [6.45, 7) is 6.54. The fourth-order valence-electron chi connectivity index (χ4n) is 2.44. The standard InChI is InChI=1S/C18H23N3O2/c1-4-20(3)13-16-7-5-6-15(11-16)12-19-17-8-9-18(21(22)23)14(2)10-17/h5-11,19H,4,12-13H2,1-3H3. The predicted molar refractivity (Wildman–Crippen MR) is 93.6 cm³/mol. The highest BCUT2D eigenvalue weighted by molar-refractivity contribution is 5.53. The van der Waals surface area contributed by atoms with Crippen LogP contribution < -0.4 is 5.32 Å². The third-order valence-electron chi connectivity index (χ3n) is 3.87. The summed E-state index contributed by atoms with van der Waals surface area (Å²) in [6, 6.07) is 13.6. The average molecular weight is 313 g/mol. The van der Waals surface area contributed by atoms with E-state index in [1.165, 1.54) is 11.1 Å². The minimum Gasteiger partial charge on any atom is -0.381 e. The van der Waals surface area contributed by atoms with Crippen molar-refractivity contribution in [2.75, 3.05) is 18.9 Å². The largest absolute Gasteiger partial charge is 0.381 e. The van der Waals surface area contributed by atoms with Gasteiger partial charge in [0.25, 0.3) is 5.69 Å². The van der Waals surface area contributed by atoms with Crippen molar-refractivity contribution in [2.24, 2.45) is 0 Å². The molecule has 0 radical (unpaired) electrons. The van der Waals surface area contributed by atoms with E-state index in [1.54, 1.807) is 19.1 Å². The number of nitro groups is 1. The summed E-state index contributed by atoms with van der Waals surface area (Å²) in [4.78, 5) is 12.7. The van der Waals surface area contributed by atoms with E-state index >= 15 is 0 Å². The molecule has 0 aliphatic carbocycles. The van der Waals surface area contributed by atoms with E-state index < -0.39 is 0 Å². The van der Waals surface area contributed by atoms with Gasteiger partial charge in [-0.05, 0) is 43.8 Å². The molecule has 0 bridgehead atoms. The Morgan fingerprint density at radius 2 is 1.91 bits per heavy atom. The molecule has 0 atom stereocenters. The normalized spacial score (nSPS) is 10.8. The molecule has 0 aromatic heterocycles. The van der Waals surface area contributed by atoms with Crippen LogP contribution in [0.5, 0.6) is 0 Å². The Bertz CT molecular complexity index is 686. The lowest BCUT2D eigenvalue weighted by atomic mass is 10.1. The fraction of sp³-hybridized carbons (Fsp3) is 0.333. The Labute approximate surface area is 137 Å². The second-order valence-corrected chi connectivity index (χ2v) is 5.76. The van der Waals surface area contributed by atoms with Crippen molar-refractivity contribution in [3.63, 3.8) is 0 Å². The van der Waals surface area contributed by atoms with Gasteiger partial charge in [-0.15, -0.1) is 0 Å². The van der Waals surface area contributed by atoms with Crippen molar-refractivity contribution in [1.82, 2.24) is 4.90 Å². The molecule has 0 aliphatic heterocycles. The van der Waals surface area contributed by atoms with Crippen LogP contribution in [0.2, 0.25) is 0 Å². The number of nitrogens with zero attached hydrogens (tertiary/aromatic N) is 2. The molecule has 2 aromatic carbocycles.